The molecule has 0 bridgehead atoms. The van der Waals surface area contributed by atoms with Crippen molar-refractivity contribution in [3.63, 3.8) is 0 Å². The van der Waals surface area contributed by atoms with Crippen LogP contribution in [-0.4, -0.2) is 16.1 Å². The van der Waals surface area contributed by atoms with Gasteiger partial charge in [-0.25, -0.2) is 0 Å². The molecule has 0 unspecified atom stereocenters. The molecule has 2 aromatic carbocycles. The second kappa shape index (κ2) is 5.92. The van der Waals surface area contributed by atoms with Crippen LogP contribution in [-0.2, 0) is 4.79 Å². The first-order chi connectivity index (χ1) is 11.7. The van der Waals surface area contributed by atoms with E-state index in [1.54, 1.807) is 0 Å². The molecular formula is C19H17N3O2. The van der Waals surface area contributed by atoms with Crippen LogP contribution < -0.4 is 5.32 Å². The van der Waals surface area contributed by atoms with Gasteiger partial charge in [-0.2, -0.15) is 0 Å². The third-order valence-corrected chi connectivity index (χ3v) is 4.04. The van der Waals surface area contributed by atoms with Gasteiger partial charge in [0.2, 0.25) is 17.7 Å². The summed E-state index contributed by atoms with van der Waals surface area (Å²) in [7, 11) is 0. The first-order valence-corrected chi connectivity index (χ1v) is 8.01. The number of hydrogen-bond acceptors (Lipinski definition) is 4. The van der Waals surface area contributed by atoms with E-state index in [9.17, 15) is 4.79 Å². The molecule has 5 heteroatoms. The van der Waals surface area contributed by atoms with E-state index in [0.29, 0.717) is 11.8 Å². The molecule has 1 amide bonds. The molecule has 1 saturated carbocycles. The topological polar surface area (TPSA) is 68.0 Å². The lowest BCUT2D eigenvalue weighted by Gasteiger charge is -2.04. The zero-order valence-electron chi connectivity index (χ0n) is 13.3. The van der Waals surface area contributed by atoms with Crippen molar-refractivity contribution in [1.29, 1.82) is 0 Å². The number of amides is 1. The Morgan fingerprint density at radius 2 is 1.75 bits per heavy atom. The Morgan fingerprint density at radius 1 is 1.04 bits per heavy atom. The van der Waals surface area contributed by atoms with E-state index in [2.05, 4.69) is 15.5 Å². The minimum absolute atomic E-state index is 0.0993. The molecular weight excluding hydrogens is 302 g/mol. The summed E-state index contributed by atoms with van der Waals surface area (Å²) in [6.07, 6.45) is 1.99. The standard InChI is InChI=1S/C19H17N3O2/c1-12-3-2-4-15(11-12)19-22-21-18(24-19)14-7-9-16(10-8-14)20-17(23)13-5-6-13/h2-4,7-11,13H,5-6H2,1H3,(H,20,23). The number of aromatic nitrogens is 2. The Morgan fingerprint density at radius 3 is 2.42 bits per heavy atom. The molecule has 24 heavy (non-hydrogen) atoms. The van der Waals surface area contributed by atoms with Crippen molar-refractivity contribution in [1.82, 2.24) is 10.2 Å². The number of nitrogens with one attached hydrogen (secondary N) is 1. The summed E-state index contributed by atoms with van der Waals surface area (Å²) in [6, 6.07) is 15.4. The Hall–Kier alpha value is -2.95. The van der Waals surface area contributed by atoms with E-state index in [0.717, 1.165) is 35.2 Å². The molecule has 1 aliphatic carbocycles. The smallest absolute Gasteiger partial charge is 0.248 e. The molecule has 0 atom stereocenters. The molecule has 3 aromatic rings. The molecule has 1 fully saturated rings. The van der Waals surface area contributed by atoms with Crippen molar-refractivity contribution in [2.45, 2.75) is 19.8 Å². The zero-order chi connectivity index (χ0) is 16.5. The summed E-state index contributed by atoms with van der Waals surface area (Å²) in [4.78, 5) is 11.8. The molecule has 120 valence electrons. The summed E-state index contributed by atoms with van der Waals surface area (Å²) in [5.41, 5.74) is 3.66. The number of benzene rings is 2. The fourth-order valence-electron chi connectivity index (χ4n) is 2.52. The summed E-state index contributed by atoms with van der Waals surface area (Å²) in [5, 5.41) is 11.2. The van der Waals surface area contributed by atoms with Crippen LogP contribution in [0.15, 0.2) is 52.9 Å². The van der Waals surface area contributed by atoms with E-state index >= 15 is 0 Å². The number of rotatable bonds is 4. The van der Waals surface area contributed by atoms with Crippen LogP contribution >= 0.6 is 0 Å². The number of nitrogens with zero attached hydrogens (tertiary/aromatic N) is 2. The van der Waals surface area contributed by atoms with Gasteiger partial charge in [-0.3, -0.25) is 4.79 Å². The lowest BCUT2D eigenvalue weighted by molar-refractivity contribution is -0.117. The van der Waals surface area contributed by atoms with Gasteiger partial charge in [0.1, 0.15) is 0 Å². The number of carbonyl (C=O) groups is 1. The van der Waals surface area contributed by atoms with Gasteiger partial charge in [-0.15, -0.1) is 10.2 Å². The number of anilines is 1. The second-order valence-electron chi connectivity index (χ2n) is 6.12. The van der Waals surface area contributed by atoms with E-state index < -0.39 is 0 Å². The van der Waals surface area contributed by atoms with Crippen LogP contribution in [0.5, 0.6) is 0 Å². The number of carbonyl (C=O) groups excluding carboxylic acids is 1. The van der Waals surface area contributed by atoms with Crippen LogP contribution in [0.25, 0.3) is 22.9 Å². The van der Waals surface area contributed by atoms with Crippen molar-refractivity contribution in [2.75, 3.05) is 5.32 Å². The maximum Gasteiger partial charge on any atom is 0.248 e. The van der Waals surface area contributed by atoms with Crippen LogP contribution in [0.2, 0.25) is 0 Å². The van der Waals surface area contributed by atoms with E-state index in [1.165, 1.54) is 0 Å². The molecule has 1 aliphatic rings. The van der Waals surface area contributed by atoms with E-state index in [4.69, 9.17) is 4.42 Å². The third-order valence-electron chi connectivity index (χ3n) is 4.04. The Bertz CT molecular complexity index is 880. The Labute approximate surface area is 139 Å². The predicted octanol–water partition coefficient (Wildman–Crippen LogP) is 4.06. The summed E-state index contributed by atoms with van der Waals surface area (Å²) in [5.74, 6) is 1.26. The second-order valence-corrected chi connectivity index (χ2v) is 6.12. The van der Waals surface area contributed by atoms with Crippen LogP contribution in [0.4, 0.5) is 5.69 Å². The van der Waals surface area contributed by atoms with E-state index in [1.807, 2.05) is 55.5 Å². The summed E-state index contributed by atoms with van der Waals surface area (Å²) in [6.45, 7) is 2.02. The molecule has 0 spiro atoms. The molecule has 0 radical (unpaired) electrons. The van der Waals surface area contributed by atoms with Gasteiger partial charge in [-0.05, 0) is 56.2 Å². The maximum absolute atomic E-state index is 11.8. The largest absolute Gasteiger partial charge is 0.416 e. The minimum atomic E-state index is 0.0993. The van der Waals surface area contributed by atoms with Gasteiger partial charge in [0, 0.05) is 22.7 Å². The maximum atomic E-state index is 11.8. The Kier molecular flexibility index (Phi) is 3.61. The van der Waals surface area contributed by atoms with Crippen LogP contribution in [0.1, 0.15) is 18.4 Å². The molecule has 0 saturated heterocycles. The van der Waals surface area contributed by atoms with Gasteiger partial charge >= 0.3 is 0 Å². The monoisotopic (exact) mass is 319 g/mol. The minimum Gasteiger partial charge on any atom is -0.416 e. The third kappa shape index (κ3) is 3.06. The van der Waals surface area contributed by atoms with Gasteiger partial charge in [0.05, 0.1) is 0 Å². The highest BCUT2D eigenvalue weighted by atomic mass is 16.4. The average molecular weight is 319 g/mol. The lowest BCUT2D eigenvalue weighted by atomic mass is 10.1. The molecule has 0 aliphatic heterocycles. The molecule has 5 nitrogen and oxygen atoms in total. The van der Waals surface area contributed by atoms with Crippen molar-refractivity contribution in [2.24, 2.45) is 5.92 Å². The Balaban J connectivity index is 1.52. The highest BCUT2D eigenvalue weighted by Gasteiger charge is 2.29. The predicted molar refractivity (Wildman–Crippen MR) is 91.3 cm³/mol. The summed E-state index contributed by atoms with van der Waals surface area (Å²) >= 11 is 0. The number of aryl methyl sites for hydroxylation is 1. The fourth-order valence-corrected chi connectivity index (χ4v) is 2.52. The normalized spacial score (nSPS) is 13.7. The van der Waals surface area contributed by atoms with Gasteiger partial charge in [0.25, 0.3) is 0 Å². The highest BCUT2D eigenvalue weighted by molar-refractivity contribution is 5.94. The molecule has 4 rings (SSSR count). The molecule has 1 aromatic heterocycles. The van der Waals surface area contributed by atoms with Gasteiger partial charge < -0.3 is 9.73 Å². The van der Waals surface area contributed by atoms with Crippen molar-refractivity contribution < 1.29 is 9.21 Å². The van der Waals surface area contributed by atoms with Crippen molar-refractivity contribution >= 4 is 11.6 Å². The van der Waals surface area contributed by atoms with Crippen LogP contribution in [0, 0.1) is 12.8 Å². The van der Waals surface area contributed by atoms with E-state index in [-0.39, 0.29) is 11.8 Å². The average Bonchev–Trinajstić information content (AvgIpc) is 3.33. The lowest BCUT2D eigenvalue weighted by Crippen LogP contribution is -2.12. The number of hydrogen-bond donors (Lipinski definition) is 1. The SMILES string of the molecule is Cc1cccc(-c2nnc(-c3ccc(NC(=O)C4CC4)cc3)o2)c1. The summed E-state index contributed by atoms with van der Waals surface area (Å²) < 4.78 is 5.77. The first-order valence-electron chi connectivity index (χ1n) is 8.01. The highest BCUT2D eigenvalue weighted by Crippen LogP contribution is 2.30. The zero-order valence-corrected chi connectivity index (χ0v) is 13.3. The van der Waals surface area contributed by atoms with Crippen molar-refractivity contribution in [3.05, 3.63) is 54.1 Å². The quantitative estimate of drug-likeness (QED) is 0.787. The van der Waals surface area contributed by atoms with Gasteiger partial charge in [0.15, 0.2) is 0 Å². The molecule has 1 heterocycles. The molecule has 1 N–H and O–H groups in total. The van der Waals surface area contributed by atoms with Crippen molar-refractivity contribution in [3.8, 4) is 22.9 Å². The first kappa shape index (κ1) is 14.6. The van der Waals surface area contributed by atoms with Gasteiger partial charge in [-0.1, -0.05) is 17.7 Å². The fraction of sp³-hybridized carbons (Fsp3) is 0.211. The van der Waals surface area contributed by atoms with Crippen LogP contribution in [0.3, 0.4) is 0 Å².